The van der Waals surface area contributed by atoms with Gasteiger partial charge in [0.05, 0.1) is 0 Å². The standard InChI is InChI=1S/C10H13N3.C8H9F/c1-8-4-6-9(7-5-8)10(11-2)13-12-3;1-2-7-5-3-4-6-8(7)9/h4-7H,3H2,1-2H3,(H,11,13);3-6H,2H2,1H3. The van der Waals surface area contributed by atoms with Gasteiger partial charge in [-0.3, -0.25) is 10.4 Å². The van der Waals surface area contributed by atoms with Crippen LogP contribution in [0.2, 0.25) is 0 Å². The molecule has 0 radical (unpaired) electrons. The number of halogens is 1. The van der Waals surface area contributed by atoms with Crippen LogP contribution in [-0.4, -0.2) is 19.6 Å². The second kappa shape index (κ2) is 9.45. The number of benzene rings is 2. The Morgan fingerprint density at radius 2 is 1.77 bits per heavy atom. The fourth-order valence-corrected chi connectivity index (χ4v) is 1.82. The molecule has 0 heterocycles. The molecule has 0 unspecified atom stereocenters. The normalized spacial score (nSPS) is 10.5. The lowest BCUT2D eigenvalue weighted by molar-refractivity contribution is 0.612. The minimum absolute atomic E-state index is 0.0972. The van der Waals surface area contributed by atoms with E-state index in [-0.39, 0.29) is 5.82 Å². The molecular weight excluding hydrogens is 277 g/mol. The van der Waals surface area contributed by atoms with E-state index >= 15 is 0 Å². The summed E-state index contributed by atoms with van der Waals surface area (Å²) in [6.07, 6.45) is 0.771. The topological polar surface area (TPSA) is 36.8 Å². The van der Waals surface area contributed by atoms with E-state index < -0.39 is 0 Å². The third-order valence-corrected chi connectivity index (χ3v) is 3.07. The molecule has 0 fully saturated rings. The summed E-state index contributed by atoms with van der Waals surface area (Å²) in [6.45, 7) is 7.34. The number of hydrogen-bond donors (Lipinski definition) is 1. The SMILES string of the molecule is C=NNC(=NC)c1ccc(C)cc1.CCc1ccccc1F. The highest BCUT2D eigenvalue weighted by atomic mass is 19.1. The van der Waals surface area contributed by atoms with Crippen molar-refractivity contribution in [1.82, 2.24) is 5.43 Å². The quantitative estimate of drug-likeness (QED) is 0.520. The largest absolute Gasteiger partial charge is 0.270 e. The first-order chi connectivity index (χ1) is 10.6. The monoisotopic (exact) mass is 299 g/mol. The summed E-state index contributed by atoms with van der Waals surface area (Å²) < 4.78 is 12.6. The van der Waals surface area contributed by atoms with E-state index in [0.29, 0.717) is 0 Å². The van der Waals surface area contributed by atoms with Crippen LogP contribution in [0.5, 0.6) is 0 Å². The van der Waals surface area contributed by atoms with Crippen LogP contribution in [0.15, 0.2) is 58.6 Å². The highest BCUT2D eigenvalue weighted by molar-refractivity contribution is 5.98. The summed E-state index contributed by atoms with van der Waals surface area (Å²) >= 11 is 0. The zero-order chi connectivity index (χ0) is 16.4. The summed E-state index contributed by atoms with van der Waals surface area (Å²) in [7, 11) is 1.72. The summed E-state index contributed by atoms with van der Waals surface area (Å²) in [5.74, 6) is 0.634. The van der Waals surface area contributed by atoms with Crippen LogP contribution < -0.4 is 5.43 Å². The number of hydrogen-bond acceptors (Lipinski definition) is 2. The molecular formula is C18H22FN3. The van der Waals surface area contributed by atoms with Crippen molar-refractivity contribution in [2.24, 2.45) is 10.1 Å². The smallest absolute Gasteiger partial charge is 0.148 e. The van der Waals surface area contributed by atoms with Crippen LogP contribution in [0.3, 0.4) is 0 Å². The van der Waals surface area contributed by atoms with Crippen LogP contribution in [0.25, 0.3) is 0 Å². The molecule has 0 saturated heterocycles. The molecule has 0 amide bonds. The molecule has 0 saturated carbocycles. The van der Waals surface area contributed by atoms with Gasteiger partial charge in [-0.05, 0) is 25.0 Å². The van der Waals surface area contributed by atoms with Gasteiger partial charge in [-0.2, -0.15) is 5.10 Å². The van der Waals surface area contributed by atoms with Crippen LogP contribution in [0, 0.1) is 12.7 Å². The van der Waals surface area contributed by atoms with E-state index in [4.69, 9.17) is 0 Å². The van der Waals surface area contributed by atoms with Crippen molar-refractivity contribution in [1.29, 1.82) is 0 Å². The first kappa shape index (κ1) is 17.6. The molecule has 4 heteroatoms. The number of nitrogens with one attached hydrogen (secondary N) is 1. The molecule has 22 heavy (non-hydrogen) atoms. The van der Waals surface area contributed by atoms with Crippen molar-refractivity contribution in [2.45, 2.75) is 20.3 Å². The Bertz CT molecular complexity index is 618. The summed E-state index contributed by atoms with van der Waals surface area (Å²) in [5, 5.41) is 3.57. The maximum absolute atomic E-state index is 12.6. The first-order valence-electron chi connectivity index (χ1n) is 7.11. The summed E-state index contributed by atoms with van der Waals surface area (Å²) in [6, 6.07) is 14.9. The van der Waals surface area contributed by atoms with Crippen molar-refractivity contribution in [3.8, 4) is 0 Å². The van der Waals surface area contributed by atoms with Crippen molar-refractivity contribution in [2.75, 3.05) is 7.05 Å². The molecule has 0 aliphatic heterocycles. The average molecular weight is 299 g/mol. The van der Waals surface area contributed by atoms with Gasteiger partial charge in [-0.1, -0.05) is 55.0 Å². The molecule has 1 N–H and O–H groups in total. The Morgan fingerprint density at radius 3 is 2.23 bits per heavy atom. The molecule has 3 nitrogen and oxygen atoms in total. The average Bonchev–Trinajstić information content (AvgIpc) is 2.55. The Kier molecular flexibility index (Phi) is 7.54. The number of hydrazone groups is 1. The van der Waals surface area contributed by atoms with Gasteiger partial charge in [0.15, 0.2) is 0 Å². The Balaban J connectivity index is 0.000000235. The Hall–Kier alpha value is -2.49. The van der Waals surface area contributed by atoms with Crippen molar-refractivity contribution < 1.29 is 4.39 Å². The van der Waals surface area contributed by atoms with E-state index in [0.717, 1.165) is 23.4 Å². The first-order valence-corrected chi connectivity index (χ1v) is 7.11. The molecule has 0 atom stereocenters. The van der Waals surface area contributed by atoms with Crippen LogP contribution in [-0.2, 0) is 6.42 Å². The van der Waals surface area contributed by atoms with Gasteiger partial charge < -0.3 is 0 Å². The molecule has 0 aromatic heterocycles. The van der Waals surface area contributed by atoms with Gasteiger partial charge in [0.25, 0.3) is 0 Å². The molecule has 2 aromatic carbocycles. The van der Waals surface area contributed by atoms with Crippen LogP contribution >= 0.6 is 0 Å². The minimum atomic E-state index is -0.0972. The number of aliphatic imine (C=N–C) groups is 1. The highest BCUT2D eigenvalue weighted by Crippen LogP contribution is 2.05. The van der Waals surface area contributed by atoms with Gasteiger partial charge in [0.2, 0.25) is 0 Å². The van der Waals surface area contributed by atoms with E-state index in [1.54, 1.807) is 19.2 Å². The molecule has 116 valence electrons. The third-order valence-electron chi connectivity index (χ3n) is 3.07. The minimum Gasteiger partial charge on any atom is -0.270 e. The lowest BCUT2D eigenvalue weighted by atomic mass is 10.1. The molecule has 2 aromatic rings. The summed E-state index contributed by atoms with van der Waals surface area (Å²) in [5.41, 5.74) is 5.76. The van der Waals surface area contributed by atoms with E-state index in [2.05, 4.69) is 22.2 Å². The van der Waals surface area contributed by atoms with Crippen LogP contribution in [0.4, 0.5) is 4.39 Å². The fourth-order valence-electron chi connectivity index (χ4n) is 1.82. The van der Waals surface area contributed by atoms with Crippen molar-refractivity contribution >= 4 is 12.6 Å². The van der Waals surface area contributed by atoms with Gasteiger partial charge >= 0.3 is 0 Å². The number of amidine groups is 1. The number of nitrogens with zero attached hydrogens (tertiary/aromatic N) is 2. The molecule has 0 spiro atoms. The highest BCUT2D eigenvalue weighted by Gasteiger charge is 1.99. The van der Waals surface area contributed by atoms with E-state index in [1.165, 1.54) is 11.6 Å². The summed E-state index contributed by atoms with van der Waals surface area (Å²) in [4.78, 5) is 4.05. The Morgan fingerprint density at radius 1 is 1.14 bits per heavy atom. The van der Waals surface area contributed by atoms with Gasteiger partial charge in [-0.15, -0.1) is 0 Å². The maximum Gasteiger partial charge on any atom is 0.148 e. The van der Waals surface area contributed by atoms with Gasteiger partial charge in [0.1, 0.15) is 11.7 Å². The van der Waals surface area contributed by atoms with E-state index in [1.807, 2.05) is 44.2 Å². The molecule has 0 bridgehead atoms. The van der Waals surface area contributed by atoms with Crippen molar-refractivity contribution in [3.05, 3.63) is 71.0 Å². The molecule has 0 aliphatic rings. The second-order valence-corrected chi connectivity index (χ2v) is 4.65. The zero-order valence-corrected chi connectivity index (χ0v) is 13.3. The van der Waals surface area contributed by atoms with Crippen LogP contribution in [0.1, 0.15) is 23.6 Å². The lowest BCUT2D eigenvalue weighted by Crippen LogP contribution is -2.18. The Labute approximate surface area is 131 Å². The second-order valence-electron chi connectivity index (χ2n) is 4.65. The zero-order valence-electron chi connectivity index (χ0n) is 13.3. The number of aryl methyl sites for hydroxylation is 2. The van der Waals surface area contributed by atoms with Gasteiger partial charge in [0, 0.05) is 19.3 Å². The third kappa shape index (κ3) is 5.48. The van der Waals surface area contributed by atoms with E-state index in [9.17, 15) is 4.39 Å². The predicted molar refractivity (Wildman–Crippen MR) is 92.1 cm³/mol. The maximum atomic E-state index is 12.6. The predicted octanol–water partition coefficient (Wildman–Crippen LogP) is 3.96. The fraction of sp³-hybridized carbons (Fsp3) is 0.222. The van der Waals surface area contributed by atoms with Gasteiger partial charge in [-0.25, -0.2) is 4.39 Å². The van der Waals surface area contributed by atoms with Crippen molar-refractivity contribution in [3.63, 3.8) is 0 Å². The lowest BCUT2D eigenvalue weighted by Gasteiger charge is -2.04. The molecule has 0 aliphatic carbocycles. The molecule has 2 rings (SSSR count). The number of rotatable bonds is 3.